The van der Waals surface area contributed by atoms with Crippen LogP contribution in [0.15, 0.2) is 170 Å². The molecule has 274 valence electrons. The van der Waals surface area contributed by atoms with E-state index in [1.165, 1.54) is 87.4 Å². The van der Waals surface area contributed by atoms with Crippen LogP contribution in [-0.2, 0) is 5.41 Å². The first-order valence-electron chi connectivity index (χ1n) is 20.5. The number of fused-ring (bicyclic) bond motifs is 14. The average Bonchev–Trinajstić information content (AvgIpc) is 3.86. The molecule has 0 atom stereocenters. The number of benzene rings is 9. The van der Waals surface area contributed by atoms with Gasteiger partial charge in [-0.25, -0.2) is 9.97 Å². The number of aromatic nitrogens is 4. The predicted octanol–water partition coefficient (Wildman–Crippen LogP) is 14.2. The third-order valence-electron chi connectivity index (χ3n) is 13.6. The minimum absolute atomic E-state index is 0.307. The van der Waals surface area contributed by atoms with Crippen molar-refractivity contribution in [2.45, 2.75) is 19.3 Å². The van der Waals surface area contributed by atoms with Crippen LogP contribution in [0.1, 0.15) is 25.0 Å². The molecule has 0 saturated carbocycles. The minimum atomic E-state index is -0.307. The molecule has 0 spiro atoms. The Morgan fingerprint density at radius 1 is 0.441 bits per heavy atom. The highest BCUT2D eigenvalue weighted by molar-refractivity contribution is 6.36. The number of hydrogen-bond acceptors (Lipinski definition) is 2. The molecule has 59 heavy (non-hydrogen) atoms. The molecule has 4 heterocycles. The van der Waals surface area contributed by atoms with Gasteiger partial charge in [-0.1, -0.05) is 159 Å². The molecule has 0 N–H and O–H groups in total. The molecule has 14 rings (SSSR count). The van der Waals surface area contributed by atoms with Crippen molar-refractivity contribution >= 4 is 92.3 Å². The highest BCUT2D eigenvalue weighted by Gasteiger charge is 2.40. The summed E-state index contributed by atoms with van der Waals surface area (Å²) < 4.78 is 5.02. The van der Waals surface area contributed by atoms with Crippen molar-refractivity contribution in [3.63, 3.8) is 0 Å². The maximum absolute atomic E-state index is 5.73. The predicted molar refractivity (Wildman–Crippen MR) is 247 cm³/mol. The summed E-state index contributed by atoms with van der Waals surface area (Å²) in [6.45, 7) is 4.80. The monoisotopic (exact) mass is 750 g/mol. The highest BCUT2D eigenvalue weighted by Crippen LogP contribution is 2.56. The topological polar surface area (TPSA) is 35.1 Å². The first-order valence-corrected chi connectivity index (χ1v) is 20.5. The van der Waals surface area contributed by atoms with E-state index in [0.29, 0.717) is 5.95 Å². The maximum Gasteiger partial charge on any atom is 0.235 e. The lowest BCUT2D eigenvalue weighted by molar-refractivity contribution is 0.663. The standard InChI is InChI=1S/C55H34N4/c1-55(2)43-25-12-10-21-36(43)42-30-41-39-24-14-23-38-37-22-11-13-26-44(37)58(51(38)39)45-29-33-18-7-9-20-35(33)52-47(45)46(41)53(48(42)55)59(52)54-56-49(32-16-4-3-5-17-32)40-28-27-31-15-6-8-19-34(31)50(40)57-54/h3-30H,1-2H3. The highest BCUT2D eigenvalue weighted by atomic mass is 15.2. The van der Waals surface area contributed by atoms with Gasteiger partial charge in [-0.2, -0.15) is 0 Å². The van der Waals surface area contributed by atoms with E-state index >= 15 is 0 Å². The van der Waals surface area contributed by atoms with E-state index in [0.717, 1.165) is 38.4 Å². The van der Waals surface area contributed by atoms with Crippen LogP contribution >= 0.6 is 0 Å². The summed E-state index contributed by atoms with van der Waals surface area (Å²) in [6.07, 6.45) is 0. The summed E-state index contributed by atoms with van der Waals surface area (Å²) in [5.74, 6) is 0.678. The van der Waals surface area contributed by atoms with E-state index in [-0.39, 0.29) is 5.41 Å². The van der Waals surface area contributed by atoms with Gasteiger partial charge in [-0.3, -0.25) is 4.57 Å². The van der Waals surface area contributed by atoms with Gasteiger partial charge in [0.2, 0.25) is 5.95 Å². The van der Waals surface area contributed by atoms with Crippen molar-refractivity contribution < 1.29 is 0 Å². The number of nitrogens with zero attached hydrogens (tertiary/aromatic N) is 4. The zero-order valence-electron chi connectivity index (χ0n) is 32.5. The Balaban J connectivity index is 1.33. The van der Waals surface area contributed by atoms with Crippen molar-refractivity contribution in [2.75, 3.05) is 0 Å². The van der Waals surface area contributed by atoms with Crippen LogP contribution in [0.4, 0.5) is 0 Å². The van der Waals surface area contributed by atoms with Crippen LogP contribution in [0, 0.1) is 0 Å². The first kappa shape index (κ1) is 31.5. The quantitative estimate of drug-likeness (QED) is 0.165. The van der Waals surface area contributed by atoms with Gasteiger partial charge < -0.3 is 4.40 Å². The van der Waals surface area contributed by atoms with Gasteiger partial charge >= 0.3 is 0 Å². The summed E-state index contributed by atoms with van der Waals surface area (Å²) in [5.41, 5.74) is 13.8. The van der Waals surface area contributed by atoms with Crippen LogP contribution in [0.25, 0.3) is 121 Å². The van der Waals surface area contributed by atoms with Crippen LogP contribution in [0.2, 0.25) is 0 Å². The second-order valence-corrected chi connectivity index (χ2v) is 16.9. The first-order chi connectivity index (χ1) is 29.1. The van der Waals surface area contributed by atoms with Crippen LogP contribution in [-0.4, -0.2) is 18.9 Å². The van der Waals surface area contributed by atoms with Crippen molar-refractivity contribution in [2.24, 2.45) is 0 Å². The van der Waals surface area contributed by atoms with Gasteiger partial charge in [-0.05, 0) is 62.7 Å². The fourth-order valence-corrected chi connectivity index (χ4v) is 11.1. The van der Waals surface area contributed by atoms with Gasteiger partial charge in [-0.15, -0.1) is 0 Å². The fraction of sp³-hybridized carbons (Fsp3) is 0.0545. The zero-order valence-corrected chi connectivity index (χ0v) is 32.5. The third-order valence-corrected chi connectivity index (χ3v) is 13.6. The van der Waals surface area contributed by atoms with Crippen molar-refractivity contribution in [1.29, 1.82) is 0 Å². The molecule has 13 aromatic rings. The van der Waals surface area contributed by atoms with E-state index in [1.807, 2.05) is 0 Å². The molecule has 0 radical (unpaired) electrons. The van der Waals surface area contributed by atoms with E-state index in [4.69, 9.17) is 9.97 Å². The number of para-hydroxylation sites is 2. The zero-order chi connectivity index (χ0) is 38.7. The number of hydrogen-bond donors (Lipinski definition) is 0. The van der Waals surface area contributed by atoms with Crippen LogP contribution in [0.5, 0.6) is 0 Å². The molecule has 9 aromatic carbocycles. The molecule has 0 unspecified atom stereocenters. The van der Waals surface area contributed by atoms with Crippen molar-refractivity contribution in [3.05, 3.63) is 181 Å². The molecule has 4 heteroatoms. The molecule has 4 aromatic heterocycles. The SMILES string of the molecule is CC1(C)c2ccccc2-c2cc3c4cccc5c6ccccc6n(c6cc7ccccc7c7c6c3c(c21)n7-c1nc(-c2ccccc2)c2ccc3ccccc3c2n1)c45. The lowest BCUT2D eigenvalue weighted by atomic mass is 9.81. The summed E-state index contributed by atoms with van der Waals surface area (Å²) in [7, 11) is 0. The molecular formula is C55H34N4. The smallest absolute Gasteiger partial charge is 0.235 e. The summed E-state index contributed by atoms with van der Waals surface area (Å²) in [4.78, 5) is 11.5. The molecule has 0 fully saturated rings. The van der Waals surface area contributed by atoms with Gasteiger partial charge in [0.15, 0.2) is 0 Å². The lowest BCUT2D eigenvalue weighted by Gasteiger charge is -2.24. The maximum atomic E-state index is 5.73. The van der Waals surface area contributed by atoms with Crippen LogP contribution in [0.3, 0.4) is 0 Å². The van der Waals surface area contributed by atoms with E-state index in [9.17, 15) is 0 Å². The van der Waals surface area contributed by atoms with Crippen molar-refractivity contribution in [3.8, 4) is 28.3 Å². The molecule has 0 aliphatic heterocycles. The van der Waals surface area contributed by atoms with E-state index in [1.54, 1.807) is 0 Å². The summed E-state index contributed by atoms with van der Waals surface area (Å²) >= 11 is 0. The molecule has 4 nitrogen and oxygen atoms in total. The van der Waals surface area contributed by atoms with Gasteiger partial charge in [0.25, 0.3) is 0 Å². The molecule has 1 aliphatic carbocycles. The van der Waals surface area contributed by atoms with Gasteiger partial charge in [0.1, 0.15) is 0 Å². The van der Waals surface area contributed by atoms with Gasteiger partial charge in [0.05, 0.1) is 38.8 Å². The van der Waals surface area contributed by atoms with Gasteiger partial charge in [0, 0.05) is 54.1 Å². The Kier molecular flexibility index (Phi) is 5.81. The van der Waals surface area contributed by atoms with E-state index in [2.05, 4.69) is 193 Å². The largest absolute Gasteiger partial charge is 0.308 e. The lowest BCUT2D eigenvalue weighted by Crippen LogP contribution is -2.17. The molecule has 0 saturated heterocycles. The molecular weight excluding hydrogens is 717 g/mol. The summed E-state index contributed by atoms with van der Waals surface area (Å²) in [6, 6.07) is 62.3. The normalized spacial score (nSPS) is 13.7. The Morgan fingerprint density at radius 2 is 1.14 bits per heavy atom. The Morgan fingerprint density at radius 3 is 2.00 bits per heavy atom. The molecule has 0 amide bonds. The average molecular weight is 751 g/mol. The summed E-state index contributed by atoms with van der Waals surface area (Å²) in [5, 5.41) is 13.2. The second kappa shape index (κ2) is 10.9. The minimum Gasteiger partial charge on any atom is -0.308 e. The Bertz CT molecular complexity index is 3980. The fourth-order valence-electron chi connectivity index (χ4n) is 11.1. The van der Waals surface area contributed by atoms with Crippen molar-refractivity contribution in [1.82, 2.24) is 18.9 Å². The Labute approximate surface area is 338 Å². The van der Waals surface area contributed by atoms with Crippen LogP contribution < -0.4 is 0 Å². The van der Waals surface area contributed by atoms with E-state index < -0.39 is 0 Å². The second-order valence-electron chi connectivity index (χ2n) is 16.9. The molecule has 1 aliphatic rings. The Hall–Kier alpha value is -7.56. The third kappa shape index (κ3) is 3.85. The molecule has 0 bridgehead atoms. The number of rotatable bonds is 2.